The quantitative estimate of drug-likeness (QED) is 0.677. The first kappa shape index (κ1) is 12.7. The minimum Gasteiger partial charge on any atom is -0.370 e. The van der Waals surface area contributed by atoms with Crippen LogP contribution in [0.2, 0.25) is 0 Å². The Morgan fingerprint density at radius 2 is 2.25 bits per heavy atom. The lowest BCUT2D eigenvalue weighted by molar-refractivity contribution is 0.832. The molecular weight excluding hydrogens is 202 g/mol. The Kier molecular flexibility index (Phi) is 5.56. The van der Waals surface area contributed by atoms with Crippen LogP contribution in [-0.2, 0) is 0 Å². The van der Waals surface area contributed by atoms with Gasteiger partial charge in [-0.3, -0.25) is 0 Å². The van der Waals surface area contributed by atoms with Gasteiger partial charge in [-0.2, -0.15) is 0 Å². The third-order valence-corrected chi connectivity index (χ3v) is 2.29. The van der Waals surface area contributed by atoms with E-state index in [9.17, 15) is 0 Å². The van der Waals surface area contributed by atoms with Gasteiger partial charge in [-0.15, -0.1) is 0 Å². The molecule has 90 valence electrons. The normalized spacial score (nSPS) is 10.2. The monoisotopic (exact) mass is 223 g/mol. The number of anilines is 2. The molecule has 0 aliphatic rings. The molecule has 5 nitrogen and oxygen atoms in total. The maximum absolute atomic E-state index is 5.43. The van der Waals surface area contributed by atoms with Crippen molar-refractivity contribution >= 4 is 11.6 Å². The van der Waals surface area contributed by atoms with Gasteiger partial charge in [0.2, 0.25) is 0 Å². The molecule has 1 heterocycles. The second kappa shape index (κ2) is 7.00. The molecule has 0 fully saturated rings. The molecule has 0 saturated carbocycles. The first-order chi connectivity index (χ1) is 7.77. The summed E-state index contributed by atoms with van der Waals surface area (Å²) >= 11 is 0. The zero-order valence-corrected chi connectivity index (χ0v) is 10.1. The molecule has 0 unspecified atom stereocenters. The van der Waals surface area contributed by atoms with Crippen LogP contribution in [0.1, 0.15) is 19.8 Å². The summed E-state index contributed by atoms with van der Waals surface area (Å²) in [5.74, 6) is 1.81. The number of hydrogen-bond acceptors (Lipinski definition) is 5. The molecule has 0 radical (unpaired) electrons. The Morgan fingerprint density at radius 3 is 2.94 bits per heavy atom. The fraction of sp³-hybridized carbons (Fsp3) is 0.636. The van der Waals surface area contributed by atoms with Crippen LogP contribution in [0.5, 0.6) is 0 Å². The van der Waals surface area contributed by atoms with Crippen LogP contribution in [0.3, 0.4) is 0 Å². The van der Waals surface area contributed by atoms with Gasteiger partial charge in [-0.1, -0.05) is 6.92 Å². The first-order valence-corrected chi connectivity index (χ1v) is 5.75. The van der Waals surface area contributed by atoms with Crippen molar-refractivity contribution in [2.24, 2.45) is 5.73 Å². The van der Waals surface area contributed by atoms with Gasteiger partial charge < -0.3 is 16.0 Å². The summed E-state index contributed by atoms with van der Waals surface area (Å²) in [4.78, 5) is 10.5. The number of nitrogens with two attached hydrogens (primary N) is 1. The minimum absolute atomic E-state index is 0.695. The lowest BCUT2D eigenvalue weighted by Crippen LogP contribution is -2.19. The summed E-state index contributed by atoms with van der Waals surface area (Å²) in [5.41, 5.74) is 5.43. The maximum Gasteiger partial charge on any atom is 0.133 e. The summed E-state index contributed by atoms with van der Waals surface area (Å²) in [6.07, 6.45) is 3.65. The molecule has 0 aromatic carbocycles. The van der Waals surface area contributed by atoms with Crippen molar-refractivity contribution in [2.45, 2.75) is 19.8 Å². The topological polar surface area (TPSA) is 67.1 Å². The molecule has 5 heteroatoms. The summed E-state index contributed by atoms with van der Waals surface area (Å²) in [6.45, 7) is 4.70. The number of aromatic nitrogens is 2. The average molecular weight is 223 g/mol. The Morgan fingerprint density at radius 1 is 1.44 bits per heavy atom. The van der Waals surface area contributed by atoms with Gasteiger partial charge in [0.15, 0.2) is 0 Å². The highest BCUT2D eigenvalue weighted by Crippen LogP contribution is 2.12. The Hall–Kier alpha value is -1.36. The van der Waals surface area contributed by atoms with E-state index >= 15 is 0 Å². The summed E-state index contributed by atoms with van der Waals surface area (Å²) in [7, 11) is 2.04. The third-order valence-electron chi connectivity index (χ3n) is 2.29. The SMILES string of the molecule is CCCN(C)c1cc(NCCCN)ncn1. The van der Waals surface area contributed by atoms with Crippen LogP contribution < -0.4 is 16.0 Å². The molecule has 0 amide bonds. The zero-order chi connectivity index (χ0) is 11.8. The molecule has 16 heavy (non-hydrogen) atoms. The highest BCUT2D eigenvalue weighted by atomic mass is 15.2. The largest absolute Gasteiger partial charge is 0.370 e. The zero-order valence-electron chi connectivity index (χ0n) is 10.1. The molecule has 0 saturated heterocycles. The fourth-order valence-corrected chi connectivity index (χ4v) is 1.42. The third kappa shape index (κ3) is 4.02. The van der Waals surface area contributed by atoms with Crippen LogP contribution in [-0.4, -0.2) is 36.6 Å². The minimum atomic E-state index is 0.695. The Labute approximate surface area is 97.1 Å². The van der Waals surface area contributed by atoms with E-state index in [4.69, 9.17) is 5.73 Å². The van der Waals surface area contributed by atoms with E-state index in [1.54, 1.807) is 6.33 Å². The molecule has 0 aliphatic carbocycles. The molecule has 0 spiro atoms. The van der Waals surface area contributed by atoms with E-state index in [1.807, 2.05) is 13.1 Å². The van der Waals surface area contributed by atoms with Crippen LogP contribution in [0.4, 0.5) is 11.6 Å². The van der Waals surface area contributed by atoms with Crippen molar-refractivity contribution < 1.29 is 0 Å². The fourth-order valence-electron chi connectivity index (χ4n) is 1.42. The predicted molar refractivity (Wildman–Crippen MR) is 67.8 cm³/mol. The van der Waals surface area contributed by atoms with Crippen molar-refractivity contribution in [1.82, 2.24) is 9.97 Å². The van der Waals surface area contributed by atoms with Crippen molar-refractivity contribution in [1.29, 1.82) is 0 Å². The van der Waals surface area contributed by atoms with Gasteiger partial charge in [0.25, 0.3) is 0 Å². The van der Waals surface area contributed by atoms with E-state index < -0.39 is 0 Å². The predicted octanol–water partition coefficient (Wildman–Crippen LogP) is 1.08. The molecule has 3 N–H and O–H groups in total. The van der Waals surface area contributed by atoms with Crippen molar-refractivity contribution in [3.8, 4) is 0 Å². The standard InChI is InChI=1S/C11H21N5/c1-3-7-16(2)11-8-10(14-9-15-11)13-6-4-5-12/h8-9H,3-7,12H2,1-2H3,(H,13,14,15). The lowest BCUT2D eigenvalue weighted by atomic mass is 10.4. The van der Waals surface area contributed by atoms with E-state index in [1.165, 1.54) is 0 Å². The van der Waals surface area contributed by atoms with Gasteiger partial charge in [0.05, 0.1) is 0 Å². The highest BCUT2D eigenvalue weighted by Gasteiger charge is 2.02. The average Bonchev–Trinajstić information content (AvgIpc) is 2.30. The van der Waals surface area contributed by atoms with Crippen molar-refractivity contribution in [2.75, 3.05) is 36.9 Å². The molecule has 0 aliphatic heterocycles. The molecule has 1 rings (SSSR count). The van der Waals surface area contributed by atoms with E-state index in [0.717, 1.165) is 37.6 Å². The Bertz CT molecular complexity index is 302. The molecule has 0 atom stereocenters. The van der Waals surface area contributed by atoms with E-state index in [0.29, 0.717) is 6.54 Å². The number of nitrogens with one attached hydrogen (secondary N) is 1. The van der Waals surface area contributed by atoms with Crippen LogP contribution in [0.25, 0.3) is 0 Å². The Balaban J connectivity index is 2.56. The molecular formula is C11H21N5. The smallest absolute Gasteiger partial charge is 0.133 e. The number of rotatable bonds is 7. The second-order valence-corrected chi connectivity index (χ2v) is 3.75. The van der Waals surface area contributed by atoms with Gasteiger partial charge in [-0.25, -0.2) is 9.97 Å². The summed E-state index contributed by atoms with van der Waals surface area (Å²) in [6, 6.07) is 1.96. The lowest BCUT2D eigenvalue weighted by Gasteiger charge is -2.17. The van der Waals surface area contributed by atoms with Gasteiger partial charge in [-0.05, 0) is 19.4 Å². The van der Waals surface area contributed by atoms with E-state index in [2.05, 4.69) is 27.1 Å². The summed E-state index contributed by atoms with van der Waals surface area (Å²) in [5, 5.41) is 3.23. The van der Waals surface area contributed by atoms with Gasteiger partial charge >= 0.3 is 0 Å². The van der Waals surface area contributed by atoms with Crippen LogP contribution in [0, 0.1) is 0 Å². The van der Waals surface area contributed by atoms with Gasteiger partial charge in [0, 0.05) is 26.2 Å². The highest BCUT2D eigenvalue weighted by molar-refractivity contribution is 5.47. The number of hydrogen-bond donors (Lipinski definition) is 2. The van der Waals surface area contributed by atoms with Crippen LogP contribution in [0.15, 0.2) is 12.4 Å². The van der Waals surface area contributed by atoms with Crippen molar-refractivity contribution in [3.05, 3.63) is 12.4 Å². The second-order valence-electron chi connectivity index (χ2n) is 3.75. The number of nitrogens with zero attached hydrogens (tertiary/aromatic N) is 3. The van der Waals surface area contributed by atoms with Crippen LogP contribution >= 0.6 is 0 Å². The van der Waals surface area contributed by atoms with Crippen molar-refractivity contribution in [3.63, 3.8) is 0 Å². The first-order valence-electron chi connectivity index (χ1n) is 5.75. The van der Waals surface area contributed by atoms with Gasteiger partial charge in [0.1, 0.15) is 18.0 Å². The summed E-state index contributed by atoms with van der Waals surface area (Å²) < 4.78 is 0. The van der Waals surface area contributed by atoms with E-state index in [-0.39, 0.29) is 0 Å². The molecule has 0 bridgehead atoms. The molecule has 1 aromatic rings. The molecule has 1 aromatic heterocycles. The maximum atomic E-state index is 5.43.